The van der Waals surface area contributed by atoms with Crippen molar-refractivity contribution in [2.24, 2.45) is 0 Å². The van der Waals surface area contributed by atoms with E-state index in [1.165, 1.54) is 11.8 Å². The second kappa shape index (κ2) is 10.3. The van der Waals surface area contributed by atoms with Crippen LogP contribution in [0, 0.1) is 0 Å². The molecule has 0 unspecified atom stereocenters. The monoisotopic (exact) mass is 431 g/mol. The zero-order valence-electron chi connectivity index (χ0n) is 16.3. The number of ether oxygens (including phenoxy) is 1. The van der Waals surface area contributed by atoms with Crippen molar-refractivity contribution in [1.29, 1.82) is 0 Å². The van der Waals surface area contributed by atoms with Crippen molar-refractivity contribution in [3.05, 3.63) is 59.4 Å². The number of rotatable bonds is 9. The highest BCUT2D eigenvalue weighted by Gasteiger charge is 2.18. The van der Waals surface area contributed by atoms with Crippen LogP contribution in [-0.2, 0) is 11.3 Å². The van der Waals surface area contributed by atoms with Crippen molar-refractivity contribution < 1.29 is 13.9 Å². The van der Waals surface area contributed by atoms with Gasteiger partial charge in [-0.3, -0.25) is 4.79 Å². The number of aromatic nitrogens is 2. The largest absolute Gasteiger partial charge is 0.497 e. The molecule has 1 aromatic heterocycles. The average Bonchev–Trinajstić information content (AvgIpc) is 3.20. The van der Waals surface area contributed by atoms with Crippen LogP contribution in [0.15, 0.2) is 57.8 Å². The van der Waals surface area contributed by atoms with Crippen molar-refractivity contribution in [2.75, 3.05) is 19.4 Å². The number of nitrogens with zero attached hydrogens (tertiary/aromatic N) is 3. The van der Waals surface area contributed by atoms with E-state index in [2.05, 4.69) is 10.2 Å². The molecule has 0 saturated carbocycles. The van der Waals surface area contributed by atoms with Crippen LogP contribution in [-0.4, -0.2) is 40.4 Å². The molecule has 6 nitrogen and oxygen atoms in total. The van der Waals surface area contributed by atoms with Gasteiger partial charge in [-0.25, -0.2) is 0 Å². The highest BCUT2D eigenvalue weighted by atomic mass is 35.5. The number of carbonyl (C=O) groups excluding carboxylic acids is 1. The minimum atomic E-state index is 0.0187. The molecule has 0 saturated heterocycles. The molecule has 29 heavy (non-hydrogen) atoms. The fourth-order valence-electron chi connectivity index (χ4n) is 2.69. The Kier molecular flexibility index (Phi) is 7.55. The SMILES string of the molecule is CCCN(Cc1nnc(-c2ccccc2Cl)o1)C(=O)CSc1ccc(OC)cc1. The van der Waals surface area contributed by atoms with Gasteiger partial charge >= 0.3 is 0 Å². The molecule has 8 heteroatoms. The summed E-state index contributed by atoms with van der Waals surface area (Å²) in [6.45, 7) is 2.92. The number of halogens is 1. The number of thioether (sulfide) groups is 1. The Bertz CT molecular complexity index is 946. The van der Waals surface area contributed by atoms with Crippen molar-refractivity contribution in [1.82, 2.24) is 15.1 Å². The summed E-state index contributed by atoms with van der Waals surface area (Å²) in [5.41, 5.74) is 0.677. The Labute approximate surface area is 179 Å². The Morgan fingerprint density at radius 3 is 2.62 bits per heavy atom. The zero-order valence-corrected chi connectivity index (χ0v) is 17.9. The lowest BCUT2D eigenvalue weighted by Crippen LogP contribution is -2.32. The van der Waals surface area contributed by atoms with E-state index in [0.29, 0.717) is 34.7 Å². The van der Waals surface area contributed by atoms with E-state index < -0.39 is 0 Å². The van der Waals surface area contributed by atoms with E-state index in [4.69, 9.17) is 20.8 Å². The van der Waals surface area contributed by atoms with Gasteiger partial charge in [-0.15, -0.1) is 22.0 Å². The first-order valence-electron chi connectivity index (χ1n) is 9.22. The van der Waals surface area contributed by atoms with Crippen LogP contribution in [0.5, 0.6) is 5.75 Å². The molecule has 1 heterocycles. The van der Waals surface area contributed by atoms with Gasteiger partial charge in [-0.1, -0.05) is 30.7 Å². The molecule has 3 aromatic rings. The molecular formula is C21H22ClN3O3S. The van der Waals surface area contributed by atoms with Gasteiger partial charge in [0.05, 0.1) is 30.0 Å². The van der Waals surface area contributed by atoms with E-state index in [-0.39, 0.29) is 12.5 Å². The molecule has 0 aliphatic heterocycles. The molecular weight excluding hydrogens is 410 g/mol. The molecule has 0 spiro atoms. The smallest absolute Gasteiger partial charge is 0.249 e. The molecule has 0 fully saturated rings. The van der Waals surface area contributed by atoms with Crippen molar-refractivity contribution in [3.63, 3.8) is 0 Å². The Balaban J connectivity index is 1.63. The molecule has 0 aliphatic rings. The van der Waals surface area contributed by atoms with Gasteiger partial charge in [0, 0.05) is 11.4 Å². The molecule has 2 aromatic carbocycles. The first-order chi connectivity index (χ1) is 14.1. The molecule has 0 aliphatic carbocycles. The number of methoxy groups -OCH3 is 1. The van der Waals surface area contributed by atoms with Crippen molar-refractivity contribution in [3.8, 4) is 17.2 Å². The van der Waals surface area contributed by atoms with Crippen LogP contribution in [0.4, 0.5) is 0 Å². The predicted octanol–water partition coefficient (Wildman–Crippen LogP) is 4.93. The van der Waals surface area contributed by atoms with Crippen LogP contribution in [0.25, 0.3) is 11.5 Å². The van der Waals surface area contributed by atoms with Gasteiger partial charge in [0.2, 0.25) is 17.7 Å². The maximum Gasteiger partial charge on any atom is 0.249 e. The third kappa shape index (κ3) is 5.74. The van der Waals surface area contributed by atoms with Crippen LogP contribution >= 0.6 is 23.4 Å². The highest BCUT2D eigenvalue weighted by molar-refractivity contribution is 8.00. The predicted molar refractivity (Wildman–Crippen MR) is 114 cm³/mol. The Hall–Kier alpha value is -2.51. The van der Waals surface area contributed by atoms with Gasteiger partial charge in [-0.2, -0.15) is 0 Å². The fraction of sp³-hybridized carbons (Fsp3) is 0.286. The van der Waals surface area contributed by atoms with E-state index in [9.17, 15) is 4.79 Å². The standard InChI is InChI=1S/C21H22ClN3O3S/c1-3-12-25(20(26)14-29-16-10-8-15(27-2)9-11-16)13-19-23-24-21(28-19)17-6-4-5-7-18(17)22/h4-11H,3,12-14H2,1-2H3. The number of benzene rings is 2. The van der Waals surface area contributed by atoms with Crippen molar-refractivity contribution in [2.45, 2.75) is 24.8 Å². The van der Waals surface area contributed by atoms with Crippen LogP contribution < -0.4 is 4.74 Å². The van der Waals surface area contributed by atoms with Gasteiger partial charge in [0.15, 0.2) is 0 Å². The normalized spacial score (nSPS) is 10.7. The number of carbonyl (C=O) groups is 1. The lowest BCUT2D eigenvalue weighted by Gasteiger charge is -2.20. The molecule has 152 valence electrons. The second-order valence-electron chi connectivity index (χ2n) is 6.26. The average molecular weight is 432 g/mol. The van der Waals surface area contributed by atoms with Crippen molar-refractivity contribution >= 4 is 29.3 Å². The number of hydrogen-bond acceptors (Lipinski definition) is 6. The van der Waals surface area contributed by atoms with E-state index in [1.54, 1.807) is 18.1 Å². The maximum atomic E-state index is 12.7. The van der Waals surface area contributed by atoms with Gasteiger partial charge in [0.1, 0.15) is 5.75 Å². The molecule has 3 rings (SSSR count). The van der Waals surface area contributed by atoms with Gasteiger partial charge < -0.3 is 14.1 Å². The van der Waals surface area contributed by atoms with Crippen LogP contribution in [0.2, 0.25) is 5.02 Å². The summed E-state index contributed by atoms with van der Waals surface area (Å²) >= 11 is 7.68. The highest BCUT2D eigenvalue weighted by Crippen LogP contribution is 2.27. The third-order valence-corrected chi connectivity index (χ3v) is 5.49. The Morgan fingerprint density at radius 1 is 1.17 bits per heavy atom. The second-order valence-corrected chi connectivity index (χ2v) is 7.72. The summed E-state index contributed by atoms with van der Waals surface area (Å²) in [5.74, 6) is 1.88. The van der Waals surface area contributed by atoms with E-state index in [0.717, 1.165) is 17.1 Å². The lowest BCUT2D eigenvalue weighted by molar-refractivity contribution is -0.129. The summed E-state index contributed by atoms with van der Waals surface area (Å²) in [4.78, 5) is 15.5. The first-order valence-corrected chi connectivity index (χ1v) is 10.6. The fourth-order valence-corrected chi connectivity index (χ4v) is 3.71. The van der Waals surface area contributed by atoms with Gasteiger partial charge in [-0.05, 0) is 42.8 Å². The minimum Gasteiger partial charge on any atom is -0.497 e. The summed E-state index contributed by atoms with van der Waals surface area (Å²) in [7, 11) is 1.63. The molecule has 0 bridgehead atoms. The maximum absolute atomic E-state index is 12.7. The first kappa shape index (κ1) is 21.2. The summed E-state index contributed by atoms with van der Waals surface area (Å²) in [6, 6.07) is 14.9. The quantitative estimate of drug-likeness (QED) is 0.447. The molecule has 1 amide bonds. The zero-order chi connectivity index (χ0) is 20.6. The van der Waals surface area contributed by atoms with E-state index in [1.807, 2.05) is 49.4 Å². The molecule has 0 N–H and O–H groups in total. The van der Waals surface area contributed by atoms with Crippen LogP contribution in [0.3, 0.4) is 0 Å². The number of hydrogen-bond donors (Lipinski definition) is 0. The van der Waals surface area contributed by atoms with Gasteiger partial charge in [0.25, 0.3) is 0 Å². The minimum absolute atomic E-state index is 0.0187. The molecule has 0 atom stereocenters. The van der Waals surface area contributed by atoms with Crippen LogP contribution in [0.1, 0.15) is 19.2 Å². The topological polar surface area (TPSA) is 68.5 Å². The molecule has 0 radical (unpaired) electrons. The summed E-state index contributed by atoms with van der Waals surface area (Å²) in [6.07, 6.45) is 0.838. The third-order valence-electron chi connectivity index (χ3n) is 4.17. The summed E-state index contributed by atoms with van der Waals surface area (Å²) in [5, 5.41) is 8.70. The number of amides is 1. The Morgan fingerprint density at radius 2 is 1.93 bits per heavy atom. The summed E-state index contributed by atoms with van der Waals surface area (Å²) < 4.78 is 10.9. The van der Waals surface area contributed by atoms with E-state index >= 15 is 0 Å². The lowest BCUT2D eigenvalue weighted by atomic mass is 10.2.